The Kier molecular flexibility index (Phi) is 4.80. The summed E-state index contributed by atoms with van der Waals surface area (Å²) in [5.74, 6) is 1.49. The third kappa shape index (κ3) is 3.39. The van der Waals surface area contributed by atoms with Gasteiger partial charge in [0.25, 0.3) is 0 Å². The normalized spacial score (nSPS) is 12.4. The highest BCUT2D eigenvalue weighted by molar-refractivity contribution is 9.10. The van der Waals surface area contributed by atoms with Crippen LogP contribution < -0.4 is 11.3 Å². The van der Waals surface area contributed by atoms with Gasteiger partial charge in [0.2, 0.25) is 0 Å². The van der Waals surface area contributed by atoms with Crippen molar-refractivity contribution in [3.63, 3.8) is 0 Å². The van der Waals surface area contributed by atoms with Crippen molar-refractivity contribution in [3.8, 4) is 0 Å². The number of rotatable bonds is 4. The Bertz CT molecular complexity index is 596. The largest absolute Gasteiger partial charge is 0.271 e. The van der Waals surface area contributed by atoms with Crippen molar-refractivity contribution in [3.05, 3.63) is 69.4 Å². The zero-order valence-electron chi connectivity index (χ0n) is 10.3. The summed E-state index contributed by atoms with van der Waals surface area (Å²) in [5, 5.41) is 0. The first kappa shape index (κ1) is 15.0. The molecule has 0 saturated carbocycles. The molecular weight excluding hydrogens is 333 g/mol. The van der Waals surface area contributed by atoms with Gasteiger partial charge in [-0.05, 0) is 41.8 Å². The molecule has 0 amide bonds. The SMILES string of the molecule is NNC(Cc1cccc(Br)c1)c1cc(F)c(F)c(F)c1. The van der Waals surface area contributed by atoms with Crippen LogP contribution in [0.2, 0.25) is 0 Å². The second-order valence-electron chi connectivity index (χ2n) is 4.35. The first-order valence-electron chi connectivity index (χ1n) is 5.86. The van der Waals surface area contributed by atoms with Crippen molar-refractivity contribution in [1.29, 1.82) is 0 Å². The summed E-state index contributed by atoms with van der Waals surface area (Å²) in [4.78, 5) is 0. The molecule has 0 heterocycles. The van der Waals surface area contributed by atoms with Gasteiger partial charge in [0.15, 0.2) is 17.5 Å². The van der Waals surface area contributed by atoms with Crippen molar-refractivity contribution in [2.75, 3.05) is 0 Å². The van der Waals surface area contributed by atoms with Crippen LogP contribution in [-0.2, 0) is 6.42 Å². The van der Waals surface area contributed by atoms with Crippen LogP contribution in [0.25, 0.3) is 0 Å². The van der Waals surface area contributed by atoms with Gasteiger partial charge in [0.05, 0.1) is 6.04 Å². The molecule has 0 saturated heterocycles. The number of hydrogen-bond donors (Lipinski definition) is 2. The zero-order valence-corrected chi connectivity index (χ0v) is 11.9. The first-order chi connectivity index (χ1) is 9.51. The second kappa shape index (κ2) is 6.39. The quantitative estimate of drug-likeness (QED) is 0.505. The average molecular weight is 345 g/mol. The van der Waals surface area contributed by atoms with Crippen LogP contribution in [0.3, 0.4) is 0 Å². The van der Waals surface area contributed by atoms with E-state index >= 15 is 0 Å². The van der Waals surface area contributed by atoms with E-state index < -0.39 is 23.5 Å². The molecule has 0 aliphatic rings. The third-order valence-electron chi connectivity index (χ3n) is 2.94. The number of nitrogens with two attached hydrogens (primary N) is 1. The highest BCUT2D eigenvalue weighted by atomic mass is 79.9. The summed E-state index contributed by atoms with van der Waals surface area (Å²) in [6.07, 6.45) is 0.417. The van der Waals surface area contributed by atoms with Gasteiger partial charge in [-0.2, -0.15) is 0 Å². The van der Waals surface area contributed by atoms with Gasteiger partial charge in [-0.1, -0.05) is 28.1 Å². The van der Waals surface area contributed by atoms with E-state index in [0.717, 1.165) is 22.2 Å². The minimum atomic E-state index is -1.48. The lowest BCUT2D eigenvalue weighted by molar-refractivity contribution is 0.439. The van der Waals surface area contributed by atoms with Gasteiger partial charge in [-0.15, -0.1) is 0 Å². The van der Waals surface area contributed by atoms with Crippen LogP contribution in [0, 0.1) is 17.5 Å². The summed E-state index contributed by atoms with van der Waals surface area (Å²) in [5.41, 5.74) is 3.67. The van der Waals surface area contributed by atoms with Crippen LogP contribution in [-0.4, -0.2) is 0 Å². The predicted octanol–water partition coefficient (Wildman–Crippen LogP) is 3.61. The lowest BCUT2D eigenvalue weighted by atomic mass is 9.99. The number of halogens is 4. The van der Waals surface area contributed by atoms with Gasteiger partial charge in [-0.3, -0.25) is 11.3 Å². The minimum absolute atomic E-state index is 0.254. The molecule has 0 spiro atoms. The lowest BCUT2D eigenvalue weighted by Crippen LogP contribution is -2.29. The number of hydrogen-bond acceptors (Lipinski definition) is 2. The summed E-state index contributed by atoms with van der Waals surface area (Å²) < 4.78 is 40.3. The summed E-state index contributed by atoms with van der Waals surface area (Å²) >= 11 is 3.34. The molecule has 20 heavy (non-hydrogen) atoms. The van der Waals surface area contributed by atoms with E-state index in [2.05, 4.69) is 21.4 Å². The van der Waals surface area contributed by atoms with Crippen LogP contribution in [0.5, 0.6) is 0 Å². The highest BCUT2D eigenvalue weighted by Gasteiger charge is 2.17. The van der Waals surface area contributed by atoms with Crippen LogP contribution in [0.4, 0.5) is 13.2 Å². The van der Waals surface area contributed by atoms with Gasteiger partial charge >= 0.3 is 0 Å². The van der Waals surface area contributed by atoms with Crippen molar-refractivity contribution < 1.29 is 13.2 Å². The molecule has 1 atom stereocenters. The molecule has 6 heteroatoms. The van der Waals surface area contributed by atoms with E-state index in [0.29, 0.717) is 6.42 Å². The molecule has 2 aromatic rings. The van der Waals surface area contributed by atoms with Crippen molar-refractivity contribution in [1.82, 2.24) is 5.43 Å². The van der Waals surface area contributed by atoms with Gasteiger partial charge in [0, 0.05) is 4.47 Å². The van der Waals surface area contributed by atoms with Crippen molar-refractivity contribution in [2.24, 2.45) is 5.84 Å². The average Bonchev–Trinajstić information content (AvgIpc) is 2.41. The van der Waals surface area contributed by atoms with Gasteiger partial charge in [-0.25, -0.2) is 13.2 Å². The molecular formula is C14H12BrF3N2. The van der Waals surface area contributed by atoms with Crippen LogP contribution in [0.15, 0.2) is 40.9 Å². The molecule has 106 valence electrons. The predicted molar refractivity (Wildman–Crippen MR) is 74.2 cm³/mol. The fraction of sp³-hybridized carbons (Fsp3) is 0.143. The zero-order chi connectivity index (χ0) is 14.7. The van der Waals surface area contributed by atoms with Gasteiger partial charge < -0.3 is 0 Å². The monoisotopic (exact) mass is 344 g/mol. The molecule has 0 aliphatic heterocycles. The Morgan fingerprint density at radius 1 is 1.10 bits per heavy atom. The Morgan fingerprint density at radius 2 is 1.75 bits per heavy atom. The van der Waals surface area contributed by atoms with Crippen molar-refractivity contribution >= 4 is 15.9 Å². The maximum atomic E-state index is 13.2. The molecule has 2 rings (SSSR count). The third-order valence-corrected chi connectivity index (χ3v) is 3.43. The van der Waals surface area contributed by atoms with E-state index in [9.17, 15) is 13.2 Å². The Balaban J connectivity index is 2.29. The minimum Gasteiger partial charge on any atom is -0.271 e. The Labute approximate surface area is 122 Å². The molecule has 0 aromatic heterocycles. The number of benzene rings is 2. The topological polar surface area (TPSA) is 38.0 Å². The molecule has 0 bridgehead atoms. The molecule has 2 nitrogen and oxygen atoms in total. The second-order valence-corrected chi connectivity index (χ2v) is 5.27. The maximum Gasteiger partial charge on any atom is 0.194 e. The Morgan fingerprint density at radius 3 is 2.30 bits per heavy atom. The summed E-state index contributed by atoms with van der Waals surface area (Å²) in [6.45, 7) is 0. The Hall–Kier alpha value is -1.37. The van der Waals surface area contributed by atoms with E-state index in [-0.39, 0.29) is 5.56 Å². The van der Waals surface area contributed by atoms with Gasteiger partial charge in [0.1, 0.15) is 0 Å². The van der Waals surface area contributed by atoms with Crippen LogP contribution >= 0.6 is 15.9 Å². The molecule has 0 aliphatic carbocycles. The number of hydrazine groups is 1. The van der Waals surface area contributed by atoms with Crippen molar-refractivity contribution in [2.45, 2.75) is 12.5 Å². The van der Waals surface area contributed by atoms with E-state index in [1.165, 1.54) is 0 Å². The lowest BCUT2D eigenvalue weighted by Gasteiger charge is -2.17. The molecule has 2 aromatic carbocycles. The standard InChI is InChI=1S/C14H12BrF3N2/c15-10-3-1-2-8(4-10)5-13(20-19)9-6-11(16)14(18)12(17)7-9/h1-4,6-7,13,20H,5,19H2. The maximum absolute atomic E-state index is 13.2. The highest BCUT2D eigenvalue weighted by Crippen LogP contribution is 2.23. The first-order valence-corrected chi connectivity index (χ1v) is 6.65. The molecule has 1 unspecified atom stereocenters. The van der Waals surface area contributed by atoms with E-state index in [1.54, 1.807) is 0 Å². The molecule has 0 fully saturated rings. The summed E-state index contributed by atoms with van der Waals surface area (Å²) in [6, 6.07) is 8.83. The summed E-state index contributed by atoms with van der Waals surface area (Å²) in [7, 11) is 0. The number of nitrogens with one attached hydrogen (secondary N) is 1. The van der Waals surface area contributed by atoms with Crippen LogP contribution in [0.1, 0.15) is 17.2 Å². The fourth-order valence-electron chi connectivity index (χ4n) is 1.95. The fourth-order valence-corrected chi connectivity index (χ4v) is 2.40. The molecule has 3 N–H and O–H groups in total. The smallest absolute Gasteiger partial charge is 0.194 e. The molecule has 0 radical (unpaired) electrons. The van der Waals surface area contributed by atoms with E-state index in [4.69, 9.17) is 5.84 Å². The van der Waals surface area contributed by atoms with E-state index in [1.807, 2.05) is 24.3 Å².